The summed E-state index contributed by atoms with van der Waals surface area (Å²) >= 11 is 0. The number of hydrogen-bond acceptors (Lipinski definition) is 3. The van der Waals surface area contributed by atoms with E-state index in [0.29, 0.717) is 0 Å². The van der Waals surface area contributed by atoms with Gasteiger partial charge in [0.05, 0.1) is 12.6 Å². The Morgan fingerprint density at radius 1 is 1.29 bits per heavy atom. The van der Waals surface area contributed by atoms with Crippen molar-refractivity contribution >= 4 is 10.9 Å². The average Bonchev–Trinajstić information content (AvgIpc) is 2.94. The van der Waals surface area contributed by atoms with Crippen LogP contribution in [0, 0.1) is 6.92 Å². The van der Waals surface area contributed by atoms with E-state index in [1.165, 1.54) is 27.7 Å². The van der Waals surface area contributed by atoms with Crippen LogP contribution in [0.3, 0.4) is 0 Å². The number of rotatable bonds is 4. The lowest BCUT2D eigenvalue weighted by atomic mass is 10.0. The van der Waals surface area contributed by atoms with Crippen molar-refractivity contribution in [2.24, 2.45) is 5.73 Å². The molecule has 1 aliphatic rings. The number of aliphatic hydroxyl groups is 1. The van der Waals surface area contributed by atoms with E-state index in [1.807, 2.05) is 0 Å². The van der Waals surface area contributed by atoms with E-state index in [0.717, 1.165) is 31.6 Å². The molecule has 0 amide bonds. The second-order valence-electron chi connectivity index (χ2n) is 6.25. The first-order valence-corrected chi connectivity index (χ1v) is 7.76. The molecule has 0 spiro atoms. The predicted molar refractivity (Wildman–Crippen MR) is 86.2 cm³/mol. The Hall–Kier alpha value is -1.36. The fourth-order valence-electron chi connectivity index (χ4n) is 3.64. The molecule has 3 rings (SSSR count). The molecular formula is C17H25N3O. The van der Waals surface area contributed by atoms with Crippen LogP contribution in [-0.4, -0.2) is 28.2 Å². The minimum Gasteiger partial charge on any atom is -0.394 e. The van der Waals surface area contributed by atoms with Crippen LogP contribution in [0.2, 0.25) is 0 Å². The number of fused-ring (bicyclic) bond motifs is 2. The molecule has 0 radical (unpaired) electrons. The third-order valence-electron chi connectivity index (χ3n) is 4.59. The first-order chi connectivity index (χ1) is 10.1. The molecule has 0 saturated carbocycles. The molecule has 0 aliphatic carbocycles. The van der Waals surface area contributed by atoms with Crippen LogP contribution in [0.5, 0.6) is 0 Å². The van der Waals surface area contributed by atoms with Gasteiger partial charge in [-0.25, -0.2) is 0 Å². The van der Waals surface area contributed by atoms with Crippen LogP contribution < -0.4 is 5.73 Å². The van der Waals surface area contributed by atoms with Gasteiger partial charge in [0, 0.05) is 36.2 Å². The molecule has 4 nitrogen and oxygen atoms in total. The van der Waals surface area contributed by atoms with E-state index in [4.69, 9.17) is 5.73 Å². The molecule has 3 N–H and O–H groups in total. The van der Waals surface area contributed by atoms with Gasteiger partial charge < -0.3 is 15.4 Å². The first-order valence-electron chi connectivity index (χ1n) is 7.76. The Balaban J connectivity index is 2.26. The molecule has 2 heterocycles. The first kappa shape index (κ1) is 14.6. The molecule has 1 aromatic heterocycles. The number of aliphatic hydroxyl groups excluding tert-OH is 1. The number of benzene rings is 1. The number of aromatic nitrogens is 1. The van der Waals surface area contributed by atoms with Crippen molar-refractivity contribution in [1.82, 2.24) is 9.47 Å². The van der Waals surface area contributed by atoms with Gasteiger partial charge >= 0.3 is 0 Å². The number of nitrogens with zero attached hydrogens (tertiary/aromatic N) is 2. The monoisotopic (exact) mass is 287 g/mol. The lowest BCUT2D eigenvalue weighted by Crippen LogP contribution is -2.15. The van der Waals surface area contributed by atoms with Crippen molar-refractivity contribution < 1.29 is 5.11 Å². The van der Waals surface area contributed by atoms with Gasteiger partial charge in [0.2, 0.25) is 0 Å². The van der Waals surface area contributed by atoms with Crippen molar-refractivity contribution in [1.29, 1.82) is 0 Å². The van der Waals surface area contributed by atoms with Gasteiger partial charge in [0.25, 0.3) is 0 Å². The maximum Gasteiger partial charge on any atom is 0.0625 e. The maximum absolute atomic E-state index is 9.50. The highest BCUT2D eigenvalue weighted by Gasteiger charge is 2.23. The van der Waals surface area contributed by atoms with Gasteiger partial charge in [0.1, 0.15) is 0 Å². The summed E-state index contributed by atoms with van der Waals surface area (Å²) in [6.07, 6.45) is 1.09. The smallest absolute Gasteiger partial charge is 0.0625 e. The van der Waals surface area contributed by atoms with Crippen LogP contribution in [0.1, 0.15) is 41.8 Å². The number of hydrogen-bond donors (Lipinski definition) is 2. The van der Waals surface area contributed by atoms with Gasteiger partial charge in [0.15, 0.2) is 0 Å². The third kappa shape index (κ3) is 2.27. The summed E-state index contributed by atoms with van der Waals surface area (Å²) in [5.41, 5.74) is 12.6. The van der Waals surface area contributed by atoms with Crippen molar-refractivity contribution in [3.63, 3.8) is 0 Å². The standard InChI is InChI=1S/C17H25N3O/c1-4-5-20-11(2)17(15(18)10-21)14-6-12-8-19(3)9-13(12)7-16(14)20/h6-7,15,21H,4-5,8-10,18H2,1-3H3. The zero-order valence-corrected chi connectivity index (χ0v) is 13.2. The van der Waals surface area contributed by atoms with Crippen molar-refractivity contribution in [2.75, 3.05) is 13.7 Å². The van der Waals surface area contributed by atoms with Gasteiger partial charge in [-0.05, 0) is 49.2 Å². The van der Waals surface area contributed by atoms with E-state index in [-0.39, 0.29) is 12.6 Å². The molecule has 1 aliphatic heterocycles. The molecule has 114 valence electrons. The average molecular weight is 287 g/mol. The highest BCUT2D eigenvalue weighted by molar-refractivity contribution is 5.88. The predicted octanol–water partition coefficient (Wildman–Crippen LogP) is 2.30. The summed E-state index contributed by atoms with van der Waals surface area (Å²) in [6.45, 7) is 7.31. The van der Waals surface area contributed by atoms with Crippen LogP contribution in [-0.2, 0) is 19.6 Å². The second kappa shape index (κ2) is 5.44. The summed E-state index contributed by atoms with van der Waals surface area (Å²) in [7, 11) is 2.15. The summed E-state index contributed by atoms with van der Waals surface area (Å²) in [5, 5.41) is 10.7. The van der Waals surface area contributed by atoms with Crippen molar-refractivity contribution in [3.05, 3.63) is 34.5 Å². The fourth-order valence-corrected chi connectivity index (χ4v) is 3.64. The van der Waals surface area contributed by atoms with Crippen molar-refractivity contribution in [2.45, 2.75) is 45.9 Å². The highest BCUT2D eigenvalue weighted by Crippen LogP contribution is 2.34. The Kier molecular flexibility index (Phi) is 3.78. The highest BCUT2D eigenvalue weighted by atomic mass is 16.3. The normalized spacial score (nSPS) is 16.6. The van der Waals surface area contributed by atoms with Crippen molar-refractivity contribution in [3.8, 4) is 0 Å². The molecule has 2 aromatic rings. The minimum absolute atomic E-state index is 0.0108. The van der Waals surface area contributed by atoms with Gasteiger partial charge in [-0.1, -0.05) is 6.92 Å². The van der Waals surface area contributed by atoms with Gasteiger partial charge in [-0.3, -0.25) is 4.90 Å². The maximum atomic E-state index is 9.50. The zero-order valence-electron chi connectivity index (χ0n) is 13.2. The second-order valence-corrected chi connectivity index (χ2v) is 6.25. The zero-order chi connectivity index (χ0) is 15.1. The molecule has 1 aromatic carbocycles. The van der Waals surface area contributed by atoms with E-state index < -0.39 is 0 Å². The molecule has 4 heteroatoms. The quantitative estimate of drug-likeness (QED) is 0.907. The molecule has 0 bridgehead atoms. The van der Waals surface area contributed by atoms with Gasteiger partial charge in [-0.15, -0.1) is 0 Å². The lowest BCUT2D eigenvalue weighted by molar-refractivity contribution is 0.268. The number of nitrogens with two attached hydrogens (primary N) is 1. The Labute approximate surface area is 126 Å². The topological polar surface area (TPSA) is 54.4 Å². The third-order valence-corrected chi connectivity index (χ3v) is 4.59. The summed E-state index contributed by atoms with van der Waals surface area (Å²) < 4.78 is 2.36. The summed E-state index contributed by atoms with van der Waals surface area (Å²) in [4.78, 5) is 2.33. The summed E-state index contributed by atoms with van der Waals surface area (Å²) in [6, 6.07) is 4.31. The van der Waals surface area contributed by atoms with E-state index in [1.54, 1.807) is 0 Å². The SMILES string of the molecule is CCCn1c(C)c(C(N)CO)c2cc3c(cc21)CN(C)C3. The molecule has 1 unspecified atom stereocenters. The van der Waals surface area contributed by atoms with Crippen LogP contribution in [0.4, 0.5) is 0 Å². The van der Waals surface area contributed by atoms with Crippen LogP contribution in [0.25, 0.3) is 10.9 Å². The van der Waals surface area contributed by atoms with E-state index in [2.05, 4.69) is 42.5 Å². The van der Waals surface area contributed by atoms with Crippen LogP contribution in [0.15, 0.2) is 12.1 Å². The number of aryl methyl sites for hydroxylation is 1. The van der Waals surface area contributed by atoms with E-state index in [9.17, 15) is 5.11 Å². The Morgan fingerprint density at radius 3 is 2.57 bits per heavy atom. The van der Waals surface area contributed by atoms with E-state index >= 15 is 0 Å². The molecule has 0 fully saturated rings. The molecule has 21 heavy (non-hydrogen) atoms. The fraction of sp³-hybridized carbons (Fsp3) is 0.529. The van der Waals surface area contributed by atoms with Gasteiger partial charge in [-0.2, -0.15) is 0 Å². The van der Waals surface area contributed by atoms with Crippen LogP contribution >= 0.6 is 0 Å². The Bertz CT molecular complexity index is 674. The largest absolute Gasteiger partial charge is 0.394 e. The minimum atomic E-state index is -0.303. The lowest BCUT2D eigenvalue weighted by Gasteiger charge is -2.10. The molecule has 0 saturated heterocycles. The molecular weight excluding hydrogens is 262 g/mol. The molecule has 1 atom stereocenters. The Morgan fingerprint density at radius 2 is 1.95 bits per heavy atom. The summed E-state index contributed by atoms with van der Waals surface area (Å²) in [5.74, 6) is 0.